The van der Waals surface area contributed by atoms with Crippen molar-refractivity contribution >= 4 is 10.1 Å². The Hall–Kier alpha value is -1.69. The summed E-state index contributed by atoms with van der Waals surface area (Å²) in [6.07, 6.45) is 0.670. The Morgan fingerprint density at radius 2 is 1.45 bits per heavy atom. The standard InChI is InChI=1S/C17H19NO3S/c1-18-13-16(21-22(2,19)20)17(18,14-9-5-3-6-10-14)15-11-7-4-8-12-15/h3-12,16H,13H2,1-2H3. The molecular formula is C17H19NO3S. The summed E-state index contributed by atoms with van der Waals surface area (Å²) < 4.78 is 28.7. The fourth-order valence-electron chi connectivity index (χ4n) is 3.33. The van der Waals surface area contributed by atoms with Gasteiger partial charge in [0.1, 0.15) is 11.6 Å². The van der Waals surface area contributed by atoms with Crippen LogP contribution in [0.2, 0.25) is 0 Å². The molecule has 0 radical (unpaired) electrons. The smallest absolute Gasteiger partial charge is 0.264 e. The van der Waals surface area contributed by atoms with Crippen LogP contribution < -0.4 is 0 Å². The van der Waals surface area contributed by atoms with E-state index in [1.807, 2.05) is 67.7 Å². The van der Waals surface area contributed by atoms with Crippen molar-refractivity contribution in [2.75, 3.05) is 19.8 Å². The topological polar surface area (TPSA) is 46.6 Å². The monoisotopic (exact) mass is 317 g/mol. The van der Waals surface area contributed by atoms with Crippen molar-refractivity contribution in [1.29, 1.82) is 0 Å². The van der Waals surface area contributed by atoms with E-state index in [2.05, 4.69) is 4.90 Å². The second-order valence-electron chi connectivity index (χ2n) is 5.67. The maximum Gasteiger partial charge on any atom is 0.264 e. The van der Waals surface area contributed by atoms with E-state index in [-0.39, 0.29) is 0 Å². The molecule has 0 aromatic heterocycles. The fraction of sp³-hybridized carbons (Fsp3) is 0.294. The van der Waals surface area contributed by atoms with Crippen LogP contribution in [-0.2, 0) is 19.8 Å². The Bertz CT molecular complexity index is 704. The van der Waals surface area contributed by atoms with Gasteiger partial charge in [-0.05, 0) is 18.2 Å². The number of benzene rings is 2. The number of nitrogens with zero attached hydrogens (tertiary/aromatic N) is 1. The maximum absolute atomic E-state index is 11.7. The van der Waals surface area contributed by atoms with Gasteiger partial charge in [0.05, 0.1) is 6.26 Å². The quantitative estimate of drug-likeness (QED) is 0.811. The lowest BCUT2D eigenvalue weighted by atomic mass is 9.71. The molecule has 0 spiro atoms. The Labute approximate surface area is 131 Å². The van der Waals surface area contributed by atoms with Crippen molar-refractivity contribution in [3.8, 4) is 0 Å². The lowest BCUT2D eigenvalue weighted by Crippen LogP contribution is -2.68. The molecule has 1 unspecified atom stereocenters. The van der Waals surface area contributed by atoms with Crippen molar-refractivity contribution in [1.82, 2.24) is 4.90 Å². The number of hydrogen-bond acceptors (Lipinski definition) is 4. The number of likely N-dealkylation sites (N-methyl/N-ethyl adjacent to an activating group) is 1. The zero-order valence-electron chi connectivity index (χ0n) is 12.6. The number of likely N-dealkylation sites (tertiary alicyclic amines) is 1. The first-order valence-corrected chi connectivity index (χ1v) is 8.97. The highest BCUT2D eigenvalue weighted by molar-refractivity contribution is 7.86. The molecular weight excluding hydrogens is 298 g/mol. The van der Waals surface area contributed by atoms with Crippen LogP contribution in [0.15, 0.2) is 60.7 Å². The average Bonchev–Trinajstić information content (AvgIpc) is 2.48. The predicted molar refractivity (Wildman–Crippen MR) is 86.0 cm³/mol. The molecule has 0 aliphatic carbocycles. The highest BCUT2D eigenvalue weighted by Gasteiger charge is 2.56. The fourth-order valence-corrected chi connectivity index (χ4v) is 3.96. The van der Waals surface area contributed by atoms with E-state index >= 15 is 0 Å². The summed E-state index contributed by atoms with van der Waals surface area (Å²) in [6, 6.07) is 19.8. The molecule has 1 saturated heterocycles. The molecule has 2 aromatic rings. The molecule has 0 N–H and O–H groups in total. The molecule has 2 aromatic carbocycles. The second kappa shape index (κ2) is 5.50. The van der Waals surface area contributed by atoms with Crippen LogP contribution in [0.3, 0.4) is 0 Å². The Morgan fingerprint density at radius 1 is 1.00 bits per heavy atom. The van der Waals surface area contributed by atoms with Crippen molar-refractivity contribution in [2.45, 2.75) is 11.6 Å². The van der Waals surface area contributed by atoms with Gasteiger partial charge < -0.3 is 0 Å². The summed E-state index contributed by atoms with van der Waals surface area (Å²) in [7, 11) is -1.53. The maximum atomic E-state index is 11.7. The van der Waals surface area contributed by atoms with Crippen LogP contribution in [0.5, 0.6) is 0 Å². The normalized spacial score (nSPS) is 21.3. The lowest BCUT2D eigenvalue weighted by Gasteiger charge is -2.56. The van der Waals surface area contributed by atoms with Crippen LogP contribution in [0.4, 0.5) is 0 Å². The van der Waals surface area contributed by atoms with Crippen LogP contribution in [0, 0.1) is 0 Å². The van der Waals surface area contributed by atoms with E-state index in [4.69, 9.17) is 4.18 Å². The minimum absolute atomic E-state index is 0.433. The third-order valence-corrected chi connectivity index (χ3v) is 4.81. The van der Waals surface area contributed by atoms with E-state index in [9.17, 15) is 8.42 Å². The Balaban J connectivity index is 2.15. The van der Waals surface area contributed by atoms with E-state index in [1.54, 1.807) is 0 Å². The molecule has 0 bridgehead atoms. The molecule has 0 saturated carbocycles. The van der Waals surface area contributed by atoms with Gasteiger partial charge in [-0.15, -0.1) is 0 Å². The zero-order valence-corrected chi connectivity index (χ0v) is 13.5. The molecule has 1 heterocycles. The molecule has 4 nitrogen and oxygen atoms in total. The first kappa shape index (κ1) is 15.2. The van der Waals surface area contributed by atoms with E-state index in [0.717, 1.165) is 17.4 Å². The first-order chi connectivity index (χ1) is 10.4. The van der Waals surface area contributed by atoms with Gasteiger partial charge >= 0.3 is 0 Å². The third kappa shape index (κ3) is 2.45. The molecule has 0 amide bonds. The molecule has 1 fully saturated rings. The van der Waals surface area contributed by atoms with E-state index in [1.165, 1.54) is 0 Å². The summed E-state index contributed by atoms with van der Waals surface area (Å²) in [6.45, 7) is 0.566. The zero-order chi connectivity index (χ0) is 15.8. The largest absolute Gasteiger partial charge is 0.288 e. The minimum Gasteiger partial charge on any atom is -0.288 e. The summed E-state index contributed by atoms with van der Waals surface area (Å²) in [5.41, 5.74) is 1.48. The molecule has 116 valence electrons. The Kier molecular flexibility index (Phi) is 3.80. The van der Waals surface area contributed by atoms with Gasteiger partial charge in [0.25, 0.3) is 10.1 Å². The molecule has 5 heteroatoms. The SMILES string of the molecule is CN1CC(OS(C)(=O)=O)C1(c1ccccc1)c1ccccc1. The number of rotatable bonds is 4. The van der Waals surface area contributed by atoms with Gasteiger partial charge in [-0.1, -0.05) is 60.7 Å². The van der Waals surface area contributed by atoms with E-state index in [0.29, 0.717) is 6.54 Å². The summed E-state index contributed by atoms with van der Waals surface area (Å²) in [5.74, 6) is 0. The van der Waals surface area contributed by atoms with Crippen molar-refractivity contribution in [3.63, 3.8) is 0 Å². The highest BCUT2D eigenvalue weighted by Crippen LogP contribution is 2.47. The van der Waals surface area contributed by atoms with Gasteiger partial charge in [0, 0.05) is 6.54 Å². The molecule has 1 atom stereocenters. The third-order valence-electron chi connectivity index (χ3n) is 4.23. The van der Waals surface area contributed by atoms with Crippen LogP contribution in [-0.4, -0.2) is 39.3 Å². The molecule has 3 rings (SSSR count). The van der Waals surface area contributed by atoms with Crippen molar-refractivity contribution in [2.24, 2.45) is 0 Å². The van der Waals surface area contributed by atoms with Crippen molar-refractivity contribution in [3.05, 3.63) is 71.8 Å². The predicted octanol–water partition coefficient (Wildman–Crippen LogP) is 2.22. The van der Waals surface area contributed by atoms with E-state index < -0.39 is 21.8 Å². The minimum atomic E-state index is -3.52. The molecule has 1 aliphatic heterocycles. The van der Waals surface area contributed by atoms with Crippen LogP contribution in [0.1, 0.15) is 11.1 Å². The van der Waals surface area contributed by atoms with Gasteiger partial charge in [0.2, 0.25) is 0 Å². The van der Waals surface area contributed by atoms with Gasteiger partial charge in [0.15, 0.2) is 0 Å². The summed E-state index contributed by atoms with van der Waals surface area (Å²) in [4.78, 5) is 2.13. The first-order valence-electron chi connectivity index (χ1n) is 7.15. The lowest BCUT2D eigenvalue weighted by molar-refractivity contribution is -0.0849. The van der Waals surface area contributed by atoms with Crippen molar-refractivity contribution < 1.29 is 12.6 Å². The van der Waals surface area contributed by atoms with Crippen LogP contribution in [0.25, 0.3) is 0 Å². The van der Waals surface area contributed by atoms with Gasteiger partial charge in [-0.2, -0.15) is 8.42 Å². The molecule has 22 heavy (non-hydrogen) atoms. The number of hydrogen-bond donors (Lipinski definition) is 0. The van der Waals surface area contributed by atoms with Gasteiger partial charge in [-0.3, -0.25) is 9.08 Å². The summed E-state index contributed by atoms with van der Waals surface area (Å²) in [5, 5.41) is 0. The second-order valence-corrected chi connectivity index (χ2v) is 7.27. The Morgan fingerprint density at radius 3 is 1.82 bits per heavy atom. The highest BCUT2D eigenvalue weighted by atomic mass is 32.2. The molecule has 1 aliphatic rings. The van der Waals surface area contributed by atoms with Gasteiger partial charge in [-0.25, -0.2) is 0 Å². The van der Waals surface area contributed by atoms with Crippen LogP contribution >= 0.6 is 0 Å². The summed E-state index contributed by atoms with van der Waals surface area (Å²) >= 11 is 0. The average molecular weight is 317 g/mol.